The predicted molar refractivity (Wildman–Crippen MR) is 147 cm³/mol. The van der Waals surface area contributed by atoms with Crippen molar-refractivity contribution in [3.63, 3.8) is 0 Å². The third kappa shape index (κ3) is 4.23. The molecule has 0 saturated heterocycles. The summed E-state index contributed by atoms with van der Waals surface area (Å²) >= 11 is 0. The fraction of sp³-hybridized carbons (Fsp3) is 0.276. The van der Waals surface area contributed by atoms with Crippen molar-refractivity contribution in [2.24, 2.45) is 5.92 Å². The molecule has 0 atom stereocenters. The third-order valence-corrected chi connectivity index (χ3v) is 8.08. The van der Waals surface area contributed by atoms with Crippen LogP contribution in [0.4, 0.5) is 3.89 Å². The van der Waals surface area contributed by atoms with E-state index in [4.69, 9.17) is 4.74 Å². The SMILES string of the molecule is CC(C)COc1cc2c(=O)c3c4ccc(C#N)cc4[nH]c3n(C3CCC3)c2cc1-c1cncc(S(=O)(=O)F)c1. The zero-order valence-electron chi connectivity index (χ0n) is 21.4. The fourth-order valence-electron chi connectivity index (χ4n) is 5.19. The van der Waals surface area contributed by atoms with E-state index in [0.717, 1.165) is 30.8 Å². The second kappa shape index (κ2) is 9.20. The molecular formula is C29H25FN4O4S. The molecular weight excluding hydrogens is 519 g/mol. The normalized spacial score (nSPS) is 14.2. The Balaban J connectivity index is 1.72. The summed E-state index contributed by atoms with van der Waals surface area (Å²) in [6.07, 6.45) is 5.34. The van der Waals surface area contributed by atoms with Crippen LogP contribution in [0.25, 0.3) is 44.0 Å². The number of hydrogen-bond donors (Lipinski definition) is 1. The second-order valence-electron chi connectivity index (χ2n) is 10.4. The van der Waals surface area contributed by atoms with E-state index < -0.39 is 15.1 Å². The molecule has 39 heavy (non-hydrogen) atoms. The van der Waals surface area contributed by atoms with Gasteiger partial charge in [0.25, 0.3) is 0 Å². The van der Waals surface area contributed by atoms with E-state index in [1.165, 1.54) is 12.3 Å². The highest BCUT2D eigenvalue weighted by molar-refractivity contribution is 7.86. The van der Waals surface area contributed by atoms with Crippen LogP contribution in [0, 0.1) is 17.2 Å². The molecule has 1 fully saturated rings. The van der Waals surface area contributed by atoms with Gasteiger partial charge in [-0.1, -0.05) is 19.9 Å². The lowest BCUT2D eigenvalue weighted by Crippen LogP contribution is -2.21. The number of benzene rings is 2. The van der Waals surface area contributed by atoms with Crippen molar-refractivity contribution in [1.29, 1.82) is 5.26 Å². The largest absolute Gasteiger partial charge is 0.493 e. The number of H-pyrrole nitrogens is 1. The Morgan fingerprint density at radius 1 is 1.18 bits per heavy atom. The standard InChI is InChI=1S/C29H25FN4O4S/c1-16(2)15-38-26-11-23-25(10-22(26)18-9-20(14-32-13-18)39(30,36)37)34(19-4-3-5-19)29-27(28(23)35)21-7-6-17(12-31)8-24(21)33-29/h6-11,13-14,16,19,33H,3-5,15H2,1-2H3. The molecule has 10 heteroatoms. The van der Waals surface area contributed by atoms with Crippen LogP contribution >= 0.6 is 0 Å². The summed E-state index contributed by atoms with van der Waals surface area (Å²) in [5, 5.41) is 11.1. The Labute approximate surface area is 223 Å². The van der Waals surface area contributed by atoms with Gasteiger partial charge in [0, 0.05) is 40.5 Å². The summed E-state index contributed by atoms with van der Waals surface area (Å²) in [7, 11) is -4.97. The third-order valence-electron chi connectivity index (χ3n) is 7.30. The van der Waals surface area contributed by atoms with Gasteiger partial charge in [0.2, 0.25) is 0 Å². The maximum atomic E-state index is 14.0. The Morgan fingerprint density at radius 2 is 1.97 bits per heavy atom. The van der Waals surface area contributed by atoms with E-state index in [1.807, 2.05) is 19.9 Å². The predicted octanol–water partition coefficient (Wildman–Crippen LogP) is 5.99. The molecule has 5 aromatic rings. The average molecular weight is 545 g/mol. The Bertz CT molecular complexity index is 2000. The van der Waals surface area contributed by atoms with E-state index >= 15 is 0 Å². The summed E-state index contributed by atoms with van der Waals surface area (Å²) in [5.41, 5.74) is 3.21. The molecule has 8 nitrogen and oxygen atoms in total. The number of halogens is 1. The molecule has 0 unspecified atom stereocenters. The van der Waals surface area contributed by atoms with Crippen molar-refractivity contribution < 1.29 is 17.0 Å². The van der Waals surface area contributed by atoms with Crippen LogP contribution in [-0.4, -0.2) is 29.6 Å². The summed E-state index contributed by atoms with van der Waals surface area (Å²) in [6.45, 7) is 4.34. The molecule has 1 saturated carbocycles. The molecule has 3 aromatic heterocycles. The van der Waals surface area contributed by atoms with Crippen LogP contribution in [0.2, 0.25) is 0 Å². The molecule has 0 radical (unpaired) electrons. The van der Waals surface area contributed by atoms with Crippen LogP contribution in [0.15, 0.2) is 58.5 Å². The minimum absolute atomic E-state index is 0.144. The van der Waals surface area contributed by atoms with Gasteiger partial charge >= 0.3 is 10.2 Å². The Kier molecular flexibility index (Phi) is 5.92. The van der Waals surface area contributed by atoms with Gasteiger partial charge in [0.1, 0.15) is 16.3 Å². The minimum Gasteiger partial charge on any atom is -0.493 e. The van der Waals surface area contributed by atoms with Crippen LogP contribution in [0.3, 0.4) is 0 Å². The molecule has 198 valence electrons. The highest BCUT2D eigenvalue weighted by Crippen LogP contribution is 2.41. The summed E-state index contributed by atoms with van der Waals surface area (Å²) in [6, 6.07) is 12.3. The van der Waals surface area contributed by atoms with Crippen LogP contribution in [0.5, 0.6) is 5.75 Å². The summed E-state index contributed by atoms with van der Waals surface area (Å²) in [4.78, 5) is 20.8. The lowest BCUT2D eigenvalue weighted by atomic mass is 9.91. The molecule has 0 amide bonds. The van der Waals surface area contributed by atoms with Crippen molar-refractivity contribution >= 4 is 43.1 Å². The molecule has 0 aliphatic heterocycles. The highest BCUT2D eigenvalue weighted by Gasteiger charge is 2.27. The first-order chi connectivity index (χ1) is 18.7. The molecule has 1 aliphatic carbocycles. The first-order valence-electron chi connectivity index (χ1n) is 12.8. The number of nitriles is 1. The van der Waals surface area contributed by atoms with E-state index in [-0.39, 0.29) is 17.4 Å². The van der Waals surface area contributed by atoms with Gasteiger partial charge in [-0.25, -0.2) is 0 Å². The monoisotopic (exact) mass is 544 g/mol. The van der Waals surface area contributed by atoms with Crippen LogP contribution in [-0.2, 0) is 10.2 Å². The topological polar surface area (TPSA) is 118 Å². The number of nitrogens with zero attached hydrogens (tertiary/aromatic N) is 3. The van der Waals surface area contributed by atoms with E-state index in [2.05, 4.69) is 20.6 Å². The van der Waals surface area contributed by atoms with E-state index in [9.17, 15) is 22.4 Å². The zero-order chi connectivity index (χ0) is 27.5. The minimum atomic E-state index is -4.97. The first-order valence-corrected chi connectivity index (χ1v) is 14.1. The van der Waals surface area contributed by atoms with E-state index in [1.54, 1.807) is 24.3 Å². The molecule has 6 rings (SSSR count). The van der Waals surface area contributed by atoms with Gasteiger partial charge in [0.15, 0.2) is 5.43 Å². The second-order valence-corrected chi connectivity index (χ2v) is 11.8. The van der Waals surface area contributed by atoms with Gasteiger partial charge in [-0.2, -0.15) is 13.7 Å². The van der Waals surface area contributed by atoms with Crippen molar-refractivity contribution in [2.75, 3.05) is 6.61 Å². The summed E-state index contributed by atoms with van der Waals surface area (Å²) < 4.78 is 45.4. The zero-order valence-corrected chi connectivity index (χ0v) is 22.2. The number of ether oxygens (including phenoxy) is 1. The number of fused-ring (bicyclic) bond motifs is 4. The number of aromatic nitrogens is 3. The van der Waals surface area contributed by atoms with Crippen molar-refractivity contribution in [3.05, 3.63) is 64.6 Å². The van der Waals surface area contributed by atoms with Crippen LogP contribution < -0.4 is 10.2 Å². The molecule has 3 heterocycles. The van der Waals surface area contributed by atoms with E-state index in [0.29, 0.717) is 56.5 Å². The van der Waals surface area contributed by atoms with Gasteiger partial charge in [0.05, 0.1) is 34.5 Å². The maximum Gasteiger partial charge on any atom is 0.333 e. The molecule has 2 aromatic carbocycles. The lowest BCUT2D eigenvalue weighted by molar-refractivity contribution is 0.272. The van der Waals surface area contributed by atoms with Gasteiger partial charge < -0.3 is 14.3 Å². The van der Waals surface area contributed by atoms with Crippen molar-refractivity contribution in [1.82, 2.24) is 14.5 Å². The molecule has 0 spiro atoms. The van der Waals surface area contributed by atoms with Crippen molar-refractivity contribution in [2.45, 2.75) is 44.0 Å². The van der Waals surface area contributed by atoms with Gasteiger partial charge in [-0.3, -0.25) is 9.78 Å². The maximum absolute atomic E-state index is 14.0. The smallest absolute Gasteiger partial charge is 0.333 e. The average Bonchev–Trinajstić information content (AvgIpc) is 3.26. The quantitative estimate of drug-likeness (QED) is 0.263. The number of hydrogen-bond acceptors (Lipinski definition) is 6. The Morgan fingerprint density at radius 3 is 2.64 bits per heavy atom. The highest BCUT2D eigenvalue weighted by atomic mass is 32.3. The number of aromatic amines is 1. The van der Waals surface area contributed by atoms with Crippen LogP contribution in [0.1, 0.15) is 44.7 Å². The Hall–Kier alpha value is -4.23. The lowest BCUT2D eigenvalue weighted by Gasteiger charge is -2.31. The fourth-order valence-corrected chi connectivity index (χ4v) is 5.65. The molecule has 0 bridgehead atoms. The van der Waals surface area contributed by atoms with Gasteiger partial charge in [-0.05, 0) is 55.5 Å². The molecule has 1 N–H and O–H groups in total. The van der Waals surface area contributed by atoms with Gasteiger partial charge in [-0.15, -0.1) is 3.89 Å². The number of pyridine rings is 2. The molecule has 1 aliphatic rings. The number of rotatable bonds is 6. The number of nitrogens with one attached hydrogen (secondary N) is 1. The summed E-state index contributed by atoms with van der Waals surface area (Å²) in [5.74, 6) is 0.566. The van der Waals surface area contributed by atoms with Crippen molar-refractivity contribution in [3.8, 4) is 22.9 Å². The first kappa shape index (κ1) is 25.1.